The van der Waals surface area contributed by atoms with Crippen LogP contribution in [0.15, 0.2) is 30.3 Å². The van der Waals surface area contributed by atoms with Gasteiger partial charge in [0.2, 0.25) is 0 Å². The molecule has 0 aliphatic carbocycles. The second-order valence-electron chi connectivity index (χ2n) is 5.81. The minimum atomic E-state index is 0.00398. The van der Waals surface area contributed by atoms with Crippen molar-refractivity contribution in [3.05, 3.63) is 36.0 Å². The number of anilines is 1. The first kappa shape index (κ1) is 13.9. The lowest BCUT2D eigenvalue weighted by Gasteiger charge is -2.27. The molecule has 2 N–H and O–H groups in total. The maximum Gasteiger partial charge on any atom is 0.273 e. The van der Waals surface area contributed by atoms with Crippen molar-refractivity contribution < 1.29 is 4.79 Å². The number of likely N-dealkylation sites (tertiary alicyclic amines) is 1. The topological polar surface area (TPSA) is 59.2 Å². The minimum Gasteiger partial charge on any atom is -0.383 e. The molecule has 2 aromatic rings. The number of fused-ring (bicyclic) bond motifs is 1. The number of nitrogens with zero attached hydrogens (tertiary/aromatic N) is 2. The summed E-state index contributed by atoms with van der Waals surface area (Å²) in [5, 5.41) is 1.86. The van der Waals surface area contributed by atoms with Crippen LogP contribution in [0.3, 0.4) is 0 Å². The monoisotopic (exact) mass is 283 g/mol. The van der Waals surface area contributed by atoms with E-state index in [1.165, 1.54) is 0 Å². The first-order valence-corrected chi connectivity index (χ1v) is 7.59. The molecule has 0 saturated carbocycles. The third-order valence-electron chi connectivity index (χ3n) is 4.48. The number of rotatable bonds is 2. The van der Waals surface area contributed by atoms with Gasteiger partial charge in [-0.2, -0.15) is 0 Å². The summed E-state index contributed by atoms with van der Waals surface area (Å²) in [5.41, 5.74) is 6.47. The molecular weight excluding hydrogens is 262 g/mol. The predicted molar refractivity (Wildman–Crippen MR) is 85.1 cm³/mol. The number of nitrogens with two attached hydrogens (primary N) is 1. The van der Waals surface area contributed by atoms with Crippen LogP contribution in [0, 0.1) is 0 Å². The molecule has 0 radical (unpaired) electrons. The van der Waals surface area contributed by atoms with Crippen molar-refractivity contribution in [1.82, 2.24) is 9.88 Å². The van der Waals surface area contributed by atoms with Crippen LogP contribution in [0.1, 0.15) is 43.6 Å². The molecule has 21 heavy (non-hydrogen) atoms. The lowest BCUT2D eigenvalue weighted by atomic mass is 10.1. The second-order valence-corrected chi connectivity index (χ2v) is 5.81. The van der Waals surface area contributed by atoms with Gasteiger partial charge in [-0.1, -0.05) is 31.2 Å². The molecule has 1 saturated heterocycles. The molecule has 4 nitrogen and oxygen atoms in total. The Bertz CT molecular complexity index is 683. The molecule has 1 aromatic heterocycles. The van der Waals surface area contributed by atoms with E-state index in [1.54, 1.807) is 0 Å². The summed E-state index contributed by atoms with van der Waals surface area (Å²) >= 11 is 0. The highest BCUT2D eigenvalue weighted by atomic mass is 16.2. The molecule has 0 bridgehead atoms. The lowest BCUT2D eigenvalue weighted by molar-refractivity contribution is 0.0670. The van der Waals surface area contributed by atoms with Gasteiger partial charge >= 0.3 is 0 Å². The van der Waals surface area contributed by atoms with Crippen LogP contribution in [-0.4, -0.2) is 27.9 Å². The second kappa shape index (κ2) is 5.35. The highest BCUT2D eigenvalue weighted by Gasteiger charge is 2.34. The molecule has 1 aliphatic heterocycles. The van der Waals surface area contributed by atoms with Gasteiger partial charge in [-0.25, -0.2) is 4.98 Å². The summed E-state index contributed by atoms with van der Waals surface area (Å²) in [6, 6.07) is 10.2. The summed E-state index contributed by atoms with van der Waals surface area (Å²) in [6.07, 6.45) is 3.12. The molecule has 1 amide bonds. The van der Waals surface area contributed by atoms with Crippen molar-refractivity contribution in [2.75, 3.05) is 5.73 Å². The van der Waals surface area contributed by atoms with E-state index in [9.17, 15) is 4.79 Å². The number of carbonyl (C=O) groups excluding carboxylic acids is 1. The van der Waals surface area contributed by atoms with Crippen LogP contribution in [0.5, 0.6) is 0 Å². The average Bonchev–Trinajstić information content (AvgIpc) is 2.87. The Morgan fingerprint density at radius 2 is 2.14 bits per heavy atom. The van der Waals surface area contributed by atoms with Gasteiger partial charge < -0.3 is 10.6 Å². The van der Waals surface area contributed by atoms with Gasteiger partial charge in [0, 0.05) is 17.5 Å². The summed E-state index contributed by atoms with van der Waals surface area (Å²) in [7, 11) is 0. The number of amides is 1. The first-order chi connectivity index (χ1) is 10.1. The van der Waals surface area contributed by atoms with Gasteiger partial charge in [0.1, 0.15) is 11.5 Å². The van der Waals surface area contributed by atoms with Crippen LogP contribution < -0.4 is 5.73 Å². The highest BCUT2D eigenvalue weighted by Crippen LogP contribution is 2.29. The number of benzene rings is 1. The lowest BCUT2D eigenvalue weighted by Crippen LogP contribution is -2.40. The van der Waals surface area contributed by atoms with Gasteiger partial charge in [0.05, 0.1) is 0 Å². The fraction of sp³-hybridized carbons (Fsp3) is 0.412. The number of aromatic nitrogens is 1. The van der Waals surface area contributed by atoms with Crippen LogP contribution >= 0.6 is 0 Å². The largest absolute Gasteiger partial charge is 0.383 e. The fourth-order valence-corrected chi connectivity index (χ4v) is 3.31. The number of hydrogen-bond donors (Lipinski definition) is 1. The molecular formula is C17H21N3O. The molecule has 2 heterocycles. The van der Waals surface area contributed by atoms with E-state index in [4.69, 9.17) is 5.73 Å². The van der Waals surface area contributed by atoms with E-state index in [-0.39, 0.29) is 11.9 Å². The number of carbonyl (C=O) groups is 1. The van der Waals surface area contributed by atoms with Gasteiger partial charge in [0.25, 0.3) is 5.91 Å². The zero-order chi connectivity index (χ0) is 15.0. The van der Waals surface area contributed by atoms with E-state index in [0.29, 0.717) is 17.6 Å². The van der Waals surface area contributed by atoms with Gasteiger partial charge in [0.15, 0.2) is 0 Å². The Balaban J connectivity index is 2.01. The van der Waals surface area contributed by atoms with Crippen molar-refractivity contribution in [2.24, 2.45) is 0 Å². The molecule has 0 spiro atoms. The Morgan fingerprint density at radius 3 is 2.90 bits per heavy atom. The molecule has 2 unspecified atom stereocenters. The third-order valence-corrected chi connectivity index (χ3v) is 4.48. The zero-order valence-corrected chi connectivity index (χ0v) is 12.5. The fourth-order valence-electron chi connectivity index (χ4n) is 3.31. The summed E-state index contributed by atoms with van der Waals surface area (Å²) in [6.45, 7) is 4.24. The minimum absolute atomic E-state index is 0.00398. The van der Waals surface area contributed by atoms with Gasteiger partial charge in [-0.05, 0) is 37.6 Å². The maximum absolute atomic E-state index is 12.8. The van der Waals surface area contributed by atoms with Crippen molar-refractivity contribution in [3.63, 3.8) is 0 Å². The van der Waals surface area contributed by atoms with E-state index in [2.05, 4.69) is 18.8 Å². The van der Waals surface area contributed by atoms with Crippen molar-refractivity contribution >= 4 is 22.5 Å². The summed E-state index contributed by atoms with van der Waals surface area (Å²) < 4.78 is 0. The number of hydrogen-bond acceptors (Lipinski definition) is 3. The van der Waals surface area contributed by atoms with E-state index in [1.807, 2.05) is 35.2 Å². The van der Waals surface area contributed by atoms with E-state index in [0.717, 1.165) is 30.0 Å². The van der Waals surface area contributed by atoms with Crippen molar-refractivity contribution in [3.8, 4) is 0 Å². The summed E-state index contributed by atoms with van der Waals surface area (Å²) in [5.74, 6) is 0.431. The Kier molecular flexibility index (Phi) is 3.53. The number of pyridine rings is 1. The smallest absolute Gasteiger partial charge is 0.273 e. The van der Waals surface area contributed by atoms with Gasteiger partial charge in [-0.15, -0.1) is 0 Å². The summed E-state index contributed by atoms with van der Waals surface area (Å²) in [4.78, 5) is 19.1. The van der Waals surface area contributed by atoms with Crippen LogP contribution in [0.25, 0.3) is 10.8 Å². The first-order valence-electron chi connectivity index (χ1n) is 7.59. The quantitative estimate of drug-likeness (QED) is 0.920. The van der Waals surface area contributed by atoms with Crippen LogP contribution in [0.2, 0.25) is 0 Å². The Hall–Kier alpha value is -2.10. The molecule has 110 valence electrons. The number of nitrogen functional groups attached to an aromatic ring is 1. The standard InChI is InChI=1S/C17H21N3O/c1-3-13-9-8-11(2)20(13)17(21)15-10-12-6-4-5-7-14(12)16(18)19-15/h4-7,10-11,13H,3,8-9H2,1-2H3,(H2,18,19). The normalized spacial score (nSPS) is 21.9. The predicted octanol–water partition coefficient (Wildman–Crippen LogP) is 3.22. The van der Waals surface area contributed by atoms with E-state index >= 15 is 0 Å². The molecule has 3 rings (SSSR count). The van der Waals surface area contributed by atoms with Crippen molar-refractivity contribution in [1.29, 1.82) is 0 Å². The molecule has 1 fully saturated rings. The maximum atomic E-state index is 12.8. The zero-order valence-electron chi connectivity index (χ0n) is 12.5. The molecule has 2 atom stereocenters. The SMILES string of the molecule is CCC1CCC(C)N1C(=O)c1cc2ccccc2c(N)n1. The van der Waals surface area contributed by atoms with Crippen LogP contribution in [0.4, 0.5) is 5.82 Å². The average molecular weight is 283 g/mol. The highest BCUT2D eigenvalue weighted by molar-refractivity contribution is 6.00. The van der Waals surface area contributed by atoms with Crippen LogP contribution in [-0.2, 0) is 0 Å². The molecule has 4 heteroatoms. The molecule has 1 aromatic carbocycles. The van der Waals surface area contributed by atoms with Gasteiger partial charge in [-0.3, -0.25) is 4.79 Å². The molecule has 1 aliphatic rings. The third kappa shape index (κ3) is 2.35. The Labute approximate surface area is 125 Å². The Morgan fingerprint density at radius 1 is 1.38 bits per heavy atom. The van der Waals surface area contributed by atoms with E-state index < -0.39 is 0 Å². The van der Waals surface area contributed by atoms with Crippen molar-refractivity contribution in [2.45, 2.75) is 45.2 Å².